The summed E-state index contributed by atoms with van der Waals surface area (Å²) in [5, 5.41) is 0. The van der Waals surface area contributed by atoms with Crippen molar-refractivity contribution in [2.45, 2.75) is 33.4 Å². The Labute approximate surface area is 141 Å². The molecular formula is C16H23N5O3. The summed E-state index contributed by atoms with van der Waals surface area (Å²) < 4.78 is 5.39. The number of hydrogen-bond donors (Lipinski definition) is 0. The van der Waals surface area contributed by atoms with Gasteiger partial charge in [0.15, 0.2) is 5.82 Å². The van der Waals surface area contributed by atoms with Gasteiger partial charge in [0, 0.05) is 44.5 Å². The summed E-state index contributed by atoms with van der Waals surface area (Å²) in [6.45, 7) is 8.69. The Hall–Kier alpha value is -2.22. The highest BCUT2D eigenvalue weighted by Gasteiger charge is 2.47. The number of likely N-dealkylation sites (N-methyl/N-ethyl adjacent to an activating group) is 1. The second-order valence-electron chi connectivity index (χ2n) is 5.94. The van der Waals surface area contributed by atoms with Gasteiger partial charge in [-0.1, -0.05) is 0 Å². The first-order chi connectivity index (χ1) is 11.5. The third-order valence-corrected chi connectivity index (χ3v) is 4.37. The first kappa shape index (κ1) is 16.6. The van der Waals surface area contributed by atoms with Gasteiger partial charge >= 0.3 is 6.03 Å². The molecule has 0 aromatic carbocycles. The van der Waals surface area contributed by atoms with Crippen molar-refractivity contribution in [2.24, 2.45) is 0 Å². The topological polar surface area (TPSA) is 78.9 Å². The minimum Gasteiger partial charge on any atom is -0.374 e. The van der Waals surface area contributed by atoms with E-state index in [0.717, 1.165) is 11.5 Å². The molecule has 0 aliphatic carbocycles. The zero-order valence-electron chi connectivity index (χ0n) is 14.4. The number of nitrogens with zero attached hydrogens (tertiary/aromatic N) is 5. The van der Waals surface area contributed by atoms with Gasteiger partial charge in [-0.3, -0.25) is 9.69 Å². The number of urea groups is 1. The molecule has 0 bridgehead atoms. The number of anilines is 1. The van der Waals surface area contributed by atoms with Crippen LogP contribution in [0.2, 0.25) is 0 Å². The first-order valence-corrected chi connectivity index (χ1v) is 8.34. The number of carbonyl (C=O) groups excluding carboxylic acids is 2. The molecule has 130 valence electrons. The molecule has 3 amide bonds. The lowest BCUT2D eigenvalue weighted by atomic mass is 10.2. The van der Waals surface area contributed by atoms with Gasteiger partial charge in [0.25, 0.3) is 5.91 Å². The van der Waals surface area contributed by atoms with E-state index >= 15 is 0 Å². The van der Waals surface area contributed by atoms with E-state index in [1.54, 1.807) is 4.90 Å². The molecule has 2 fully saturated rings. The molecule has 1 atom stereocenters. The third-order valence-electron chi connectivity index (χ3n) is 4.37. The quantitative estimate of drug-likeness (QED) is 0.742. The standard InChI is InChI=1S/C16H23N5O3/c1-4-20-15(22)12-9-19(6-7-21(12)16(20)23)14-8-11(3)17-13(18-14)10-24-5-2/h8,12H,4-7,9-10H2,1-3H3. The number of hydrogen-bond acceptors (Lipinski definition) is 6. The fourth-order valence-corrected chi connectivity index (χ4v) is 3.18. The van der Waals surface area contributed by atoms with E-state index in [-0.39, 0.29) is 11.9 Å². The van der Waals surface area contributed by atoms with Gasteiger partial charge in [-0.15, -0.1) is 0 Å². The number of imide groups is 1. The molecule has 2 saturated heterocycles. The van der Waals surface area contributed by atoms with E-state index in [2.05, 4.69) is 14.9 Å². The average Bonchev–Trinajstić information content (AvgIpc) is 2.82. The van der Waals surface area contributed by atoms with Crippen LogP contribution in [0.25, 0.3) is 0 Å². The molecule has 0 saturated carbocycles. The number of fused-ring (bicyclic) bond motifs is 1. The van der Waals surface area contributed by atoms with E-state index in [4.69, 9.17) is 4.74 Å². The minimum atomic E-state index is -0.420. The van der Waals surface area contributed by atoms with Crippen LogP contribution in [-0.4, -0.2) is 70.5 Å². The third kappa shape index (κ3) is 2.93. The van der Waals surface area contributed by atoms with Crippen molar-refractivity contribution in [3.63, 3.8) is 0 Å². The fourth-order valence-electron chi connectivity index (χ4n) is 3.18. The van der Waals surface area contributed by atoms with Gasteiger partial charge in [-0.2, -0.15) is 0 Å². The van der Waals surface area contributed by atoms with E-state index in [9.17, 15) is 9.59 Å². The summed E-state index contributed by atoms with van der Waals surface area (Å²) >= 11 is 0. The molecule has 3 rings (SSSR count). The monoisotopic (exact) mass is 333 g/mol. The van der Waals surface area contributed by atoms with Crippen molar-refractivity contribution in [2.75, 3.05) is 37.7 Å². The largest absolute Gasteiger partial charge is 0.374 e. The molecule has 1 unspecified atom stereocenters. The molecule has 2 aliphatic heterocycles. The number of ether oxygens (including phenoxy) is 1. The van der Waals surface area contributed by atoms with Crippen molar-refractivity contribution >= 4 is 17.8 Å². The van der Waals surface area contributed by atoms with E-state index in [1.807, 2.05) is 26.8 Å². The predicted molar refractivity (Wildman–Crippen MR) is 87.6 cm³/mol. The molecule has 24 heavy (non-hydrogen) atoms. The van der Waals surface area contributed by atoms with Gasteiger partial charge < -0.3 is 14.5 Å². The van der Waals surface area contributed by atoms with Crippen molar-refractivity contribution in [1.29, 1.82) is 0 Å². The summed E-state index contributed by atoms with van der Waals surface area (Å²) in [6, 6.07) is 1.31. The van der Waals surface area contributed by atoms with Crippen LogP contribution in [0.4, 0.5) is 10.6 Å². The maximum absolute atomic E-state index is 12.4. The zero-order valence-corrected chi connectivity index (χ0v) is 14.4. The highest BCUT2D eigenvalue weighted by molar-refractivity contribution is 6.04. The van der Waals surface area contributed by atoms with Crippen LogP contribution >= 0.6 is 0 Å². The van der Waals surface area contributed by atoms with Gasteiger partial charge in [-0.25, -0.2) is 14.8 Å². The lowest BCUT2D eigenvalue weighted by Gasteiger charge is -2.36. The lowest BCUT2D eigenvalue weighted by molar-refractivity contribution is -0.128. The Morgan fingerprint density at radius 3 is 2.75 bits per heavy atom. The fraction of sp³-hybridized carbons (Fsp3) is 0.625. The number of amides is 3. The Balaban J connectivity index is 1.79. The van der Waals surface area contributed by atoms with Crippen molar-refractivity contribution in [3.8, 4) is 0 Å². The SMILES string of the molecule is CCOCc1nc(C)cc(N2CCN3C(=O)N(CC)C(=O)C3C2)n1. The molecular weight excluding hydrogens is 310 g/mol. The molecule has 1 aromatic heterocycles. The van der Waals surface area contributed by atoms with Crippen LogP contribution in [0.1, 0.15) is 25.4 Å². The molecule has 8 nitrogen and oxygen atoms in total. The Kier molecular flexibility index (Phi) is 4.66. The second-order valence-corrected chi connectivity index (χ2v) is 5.94. The van der Waals surface area contributed by atoms with Gasteiger partial charge in [0.2, 0.25) is 0 Å². The molecule has 1 aromatic rings. The smallest absolute Gasteiger partial charge is 0.327 e. The molecule has 3 heterocycles. The summed E-state index contributed by atoms with van der Waals surface area (Å²) in [5.41, 5.74) is 0.862. The van der Waals surface area contributed by atoms with Crippen molar-refractivity contribution in [3.05, 3.63) is 17.6 Å². The van der Waals surface area contributed by atoms with Crippen LogP contribution in [0.15, 0.2) is 6.07 Å². The van der Waals surface area contributed by atoms with Crippen LogP contribution in [0, 0.1) is 6.92 Å². The summed E-state index contributed by atoms with van der Waals surface area (Å²) in [7, 11) is 0. The van der Waals surface area contributed by atoms with Crippen molar-refractivity contribution < 1.29 is 14.3 Å². The molecule has 0 spiro atoms. The van der Waals surface area contributed by atoms with Crippen LogP contribution in [0.3, 0.4) is 0 Å². The molecule has 0 radical (unpaired) electrons. The normalized spacial score (nSPS) is 20.8. The summed E-state index contributed by atoms with van der Waals surface area (Å²) in [5.74, 6) is 1.30. The summed E-state index contributed by atoms with van der Waals surface area (Å²) in [6.07, 6.45) is 0. The van der Waals surface area contributed by atoms with E-state index < -0.39 is 6.04 Å². The van der Waals surface area contributed by atoms with Crippen LogP contribution in [-0.2, 0) is 16.1 Å². The lowest BCUT2D eigenvalue weighted by Crippen LogP contribution is -2.53. The molecule has 8 heteroatoms. The number of aryl methyl sites for hydroxylation is 1. The van der Waals surface area contributed by atoms with Gasteiger partial charge in [0.05, 0.1) is 0 Å². The Morgan fingerprint density at radius 2 is 2.04 bits per heavy atom. The van der Waals surface area contributed by atoms with Crippen LogP contribution < -0.4 is 4.90 Å². The van der Waals surface area contributed by atoms with Crippen LogP contribution in [0.5, 0.6) is 0 Å². The highest BCUT2D eigenvalue weighted by Crippen LogP contribution is 2.25. The first-order valence-electron chi connectivity index (χ1n) is 8.34. The zero-order chi connectivity index (χ0) is 17.3. The maximum atomic E-state index is 12.4. The summed E-state index contributed by atoms with van der Waals surface area (Å²) in [4.78, 5) is 38.6. The maximum Gasteiger partial charge on any atom is 0.327 e. The van der Waals surface area contributed by atoms with Gasteiger partial charge in [0.1, 0.15) is 18.5 Å². The number of piperazine rings is 1. The minimum absolute atomic E-state index is 0.118. The second kappa shape index (κ2) is 6.72. The van der Waals surface area contributed by atoms with E-state index in [0.29, 0.717) is 45.2 Å². The van der Waals surface area contributed by atoms with Crippen molar-refractivity contribution in [1.82, 2.24) is 19.8 Å². The molecule has 2 aliphatic rings. The Morgan fingerprint density at radius 1 is 1.25 bits per heavy atom. The predicted octanol–water partition coefficient (Wildman–Crippen LogP) is 0.794. The Bertz CT molecular complexity index is 651. The average molecular weight is 333 g/mol. The molecule has 0 N–H and O–H groups in total. The number of carbonyl (C=O) groups is 2. The number of rotatable bonds is 5. The van der Waals surface area contributed by atoms with E-state index in [1.165, 1.54) is 4.90 Å². The highest BCUT2D eigenvalue weighted by atomic mass is 16.5. The number of aromatic nitrogens is 2. The van der Waals surface area contributed by atoms with Gasteiger partial charge in [-0.05, 0) is 20.8 Å².